The highest BCUT2D eigenvalue weighted by molar-refractivity contribution is 6.29. The van der Waals surface area contributed by atoms with Crippen molar-refractivity contribution in [3.8, 4) is 0 Å². The van der Waals surface area contributed by atoms with E-state index in [-0.39, 0.29) is 12.0 Å². The van der Waals surface area contributed by atoms with Gasteiger partial charge in [-0.25, -0.2) is 0 Å². The number of nitrogens with one attached hydrogen (secondary N) is 1. The molecule has 0 radical (unpaired) electrons. The summed E-state index contributed by atoms with van der Waals surface area (Å²) in [5.41, 5.74) is 3.83. The minimum absolute atomic E-state index is 0.116. The first-order valence-electron chi connectivity index (χ1n) is 7.98. The fraction of sp³-hybridized carbons (Fsp3) is 0.389. The molecule has 1 aromatic carbocycles. The number of aromatic nitrogens is 1. The van der Waals surface area contributed by atoms with Crippen LogP contribution in [0.2, 0.25) is 0 Å². The molecule has 0 bridgehead atoms. The van der Waals surface area contributed by atoms with Gasteiger partial charge in [-0.15, -0.1) is 0 Å². The van der Waals surface area contributed by atoms with E-state index in [9.17, 15) is 4.79 Å². The maximum Gasteiger partial charge on any atom is 0.226 e. The molecular formula is C18H17ClN2O. The number of fused-ring (bicyclic) bond motifs is 7. The van der Waals surface area contributed by atoms with E-state index >= 15 is 0 Å². The molecule has 4 heteroatoms. The third-order valence-electron chi connectivity index (χ3n) is 5.63. The Bertz CT molecular complexity index is 822. The number of amides is 1. The second kappa shape index (κ2) is 4.39. The molecule has 1 amide bonds. The lowest BCUT2D eigenvalue weighted by Gasteiger charge is -2.33. The first kappa shape index (κ1) is 12.8. The number of hydrogen-bond acceptors (Lipinski definition) is 1. The van der Waals surface area contributed by atoms with Crippen LogP contribution in [0, 0.1) is 11.8 Å². The van der Waals surface area contributed by atoms with E-state index in [2.05, 4.69) is 34.1 Å². The molecule has 1 aliphatic carbocycles. The molecule has 3 nitrogen and oxygen atoms in total. The van der Waals surface area contributed by atoms with Crippen LogP contribution < -0.4 is 0 Å². The van der Waals surface area contributed by atoms with Crippen molar-refractivity contribution in [1.82, 2.24) is 9.88 Å². The van der Waals surface area contributed by atoms with Gasteiger partial charge in [-0.3, -0.25) is 4.79 Å². The van der Waals surface area contributed by atoms with Crippen LogP contribution in [-0.4, -0.2) is 22.3 Å². The van der Waals surface area contributed by atoms with E-state index < -0.39 is 0 Å². The lowest BCUT2D eigenvalue weighted by molar-refractivity contribution is -0.132. The SMILES string of the molecule is O=C1[C@H]2CC=C(Cl)C[C@@H]2[C@H]2c3[nH]c4ccccc4c3CCN12. The summed E-state index contributed by atoms with van der Waals surface area (Å²) < 4.78 is 0. The maximum absolute atomic E-state index is 12.7. The van der Waals surface area contributed by atoms with E-state index in [1.54, 1.807) is 0 Å². The van der Waals surface area contributed by atoms with Crippen molar-refractivity contribution in [1.29, 1.82) is 0 Å². The lowest BCUT2D eigenvalue weighted by Crippen LogP contribution is -2.35. The summed E-state index contributed by atoms with van der Waals surface area (Å²) in [6.07, 6.45) is 4.60. The smallest absolute Gasteiger partial charge is 0.226 e. The minimum Gasteiger partial charge on any atom is -0.356 e. The van der Waals surface area contributed by atoms with Gasteiger partial charge in [0.2, 0.25) is 5.91 Å². The summed E-state index contributed by atoms with van der Waals surface area (Å²) in [6.45, 7) is 0.836. The average molecular weight is 313 g/mol. The fourth-order valence-corrected chi connectivity index (χ4v) is 4.94. The Labute approximate surface area is 133 Å². The highest BCUT2D eigenvalue weighted by Crippen LogP contribution is 2.51. The van der Waals surface area contributed by atoms with E-state index in [1.165, 1.54) is 22.2 Å². The lowest BCUT2D eigenvalue weighted by atomic mass is 9.79. The van der Waals surface area contributed by atoms with E-state index in [0.29, 0.717) is 11.8 Å². The number of rotatable bonds is 0. The van der Waals surface area contributed by atoms with Crippen molar-refractivity contribution in [2.45, 2.75) is 25.3 Å². The molecule has 112 valence electrons. The maximum atomic E-state index is 12.7. The number of H-pyrrole nitrogens is 1. The predicted octanol–water partition coefficient (Wildman–Crippen LogP) is 3.76. The molecule has 0 unspecified atom stereocenters. The quantitative estimate of drug-likeness (QED) is 0.790. The van der Waals surface area contributed by atoms with Crippen molar-refractivity contribution in [2.75, 3.05) is 6.54 Å². The number of halogens is 1. The topological polar surface area (TPSA) is 36.1 Å². The number of allylic oxidation sites excluding steroid dienone is 2. The summed E-state index contributed by atoms with van der Waals surface area (Å²) >= 11 is 6.29. The molecule has 0 spiro atoms. The summed E-state index contributed by atoms with van der Waals surface area (Å²) in [5.74, 6) is 0.752. The molecule has 22 heavy (non-hydrogen) atoms. The molecule has 3 atom stereocenters. The van der Waals surface area contributed by atoms with Crippen molar-refractivity contribution in [3.05, 3.63) is 46.6 Å². The molecule has 0 saturated carbocycles. The molecule has 1 saturated heterocycles. The van der Waals surface area contributed by atoms with Crippen LogP contribution in [0.3, 0.4) is 0 Å². The van der Waals surface area contributed by atoms with Gasteiger partial charge >= 0.3 is 0 Å². The standard InChI is InChI=1S/C18H17ClN2O/c19-10-5-6-13-14(9-10)17-16-12(7-8-21(17)18(13)22)11-3-1-2-4-15(11)20-16/h1-5,13-14,17,20H,6-9H2/t13-,14-,17-/m0/s1. The number of aromatic amines is 1. The Morgan fingerprint density at radius 2 is 2.14 bits per heavy atom. The van der Waals surface area contributed by atoms with Gasteiger partial charge in [0.05, 0.1) is 6.04 Å². The number of para-hydroxylation sites is 1. The summed E-state index contributed by atoms with van der Waals surface area (Å²) in [4.78, 5) is 18.4. The van der Waals surface area contributed by atoms with Gasteiger partial charge in [-0.05, 0) is 30.9 Å². The number of hydrogen-bond donors (Lipinski definition) is 1. The molecule has 1 N–H and O–H groups in total. The fourth-order valence-electron chi connectivity index (χ4n) is 4.67. The van der Waals surface area contributed by atoms with E-state index in [4.69, 9.17) is 11.6 Å². The average Bonchev–Trinajstić information content (AvgIpc) is 3.03. The largest absolute Gasteiger partial charge is 0.356 e. The number of nitrogens with zero attached hydrogens (tertiary/aromatic N) is 1. The van der Waals surface area contributed by atoms with E-state index in [0.717, 1.165) is 30.8 Å². The first-order chi connectivity index (χ1) is 10.7. The van der Waals surface area contributed by atoms with Crippen molar-refractivity contribution >= 4 is 28.4 Å². The van der Waals surface area contributed by atoms with Crippen molar-refractivity contribution in [3.63, 3.8) is 0 Å². The third kappa shape index (κ3) is 1.55. The second-order valence-corrected chi connectivity index (χ2v) is 7.14. The van der Waals surface area contributed by atoms with Crippen LogP contribution in [0.15, 0.2) is 35.4 Å². The van der Waals surface area contributed by atoms with E-state index in [1.807, 2.05) is 6.08 Å². The Morgan fingerprint density at radius 1 is 1.27 bits per heavy atom. The van der Waals surface area contributed by atoms with Gasteiger partial charge in [-0.2, -0.15) is 0 Å². The molecule has 2 aromatic rings. The van der Waals surface area contributed by atoms with Crippen LogP contribution in [0.1, 0.15) is 30.1 Å². The predicted molar refractivity (Wildman–Crippen MR) is 86.6 cm³/mol. The zero-order chi connectivity index (χ0) is 14.8. The first-order valence-corrected chi connectivity index (χ1v) is 8.36. The minimum atomic E-state index is 0.116. The molecule has 2 aliphatic heterocycles. The molecule has 1 fully saturated rings. The normalized spacial score (nSPS) is 30.0. The number of benzene rings is 1. The second-order valence-electron chi connectivity index (χ2n) is 6.65. The molecule has 5 rings (SSSR count). The highest BCUT2D eigenvalue weighted by Gasteiger charge is 2.51. The van der Waals surface area contributed by atoms with Crippen LogP contribution >= 0.6 is 11.6 Å². The summed E-state index contributed by atoms with van der Waals surface area (Å²) in [6, 6.07) is 8.63. The molecular weight excluding hydrogens is 296 g/mol. The zero-order valence-electron chi connectivity index (χ0n) is 12.2. The molecule has 3 aliphatic rings. The summed E-state index contributed by atoms with van der Waals surface area (Å²) in [5, 5.41) is 2.23. The van der Waals surface area contributed by atoms with Gasteiger partial charge in [0.15, 0.2) is 0 Å². The van der Waals surface area contributed by atoms with Crippen molar-refractivity contribution in [2.24, 2.45) is 11.8 Å². The highest BCUT2D eigenvalue weighted by atomic mass is 35.5. The van der Waals surface area contributed by atoms with Gasteiger partial charge in [0.25, 0.3) is 0 Å². The number of carbonyl (C=O) groups is 1. The zero-order valence-corrected chi connectivity index (χ0v) is 12.9. The Morgan fingerprint density at radius 3 is 3.05 bits per heavy atom. The van der Waals surface area contributed by atoms with Gasteiger partial charge in [0.1, 0.15) is 0 Å². The van der Waals surface area contributed by atoms with Gasteiger partial charge in [-0.1, -0.05) is 35.9 Å². The molecule has 3 heterocycles. The third-order valence-corrected chi connectivity index (χ3v) is 5.94. The monoisotopic (exact) mass is 312 g/mol. The number of carbonyl (C=O) groups excluding carboxylic acids is 1. The Balaban J connectivity index is 1.69. The van der Waals surface area contributed by atoms with Crippen LogP contribution in [0.5, 0.6) is 0 Å². The Hall–Kier alpha value is -1.74. The molecule has 1 aromatic heterocycles. The van der Waals surface area contributed by atoms with Gasteiger partial charge < -0.3 is 9.88 Å². The van der Waals surface area contributed by atoms with Crippen molar-refractivity contribution < 1.29 is 4.79 Å². The van der Waals surface area contributed by atoms with Crippen LogP contribution in [0.25, 0.3) is 10.9 Å². The summed E-state index contributed by atoms with van der Waals surface area (Å²) in [7, 11) is 0. The van der Waals surface area contributed by atoms with Gasteiger partial charge in [0, 0.05) is 40.0 Å². The van der Waals surface area contributed by atoms with Crippen LogP contribution in [-0.2, 0) is 11.2 Å². The Kier molecular flexibility index (Phi) is 2.55. The van der Waals surface area contributed by atoms with Crippen LogP contribution in [0.4, 0.5) is 0 Å².